The summed E-state index contributed by atoms with van der Waals surface area (Å²) in [4.78, 5) is 20.8. The summed E-state index contributed by atoms with van der Waals surface area (Å²) in [5.74, 6) is -1.97. The second-order valence-corrected chi connectivity index (χ2v) is 4.47. The molecule has 0 atom stereocenters. The minimum atomic E-state index is -1.20. The van der Waals surface area contributed by atoms with Gasteiger partial charge in [0.25, 0.3) is 0 Å². The van der Waals surface area contributed by atoms with Gasteiger partial charge in [0.1, 0.15) is 13.0 Å². The van der Waals surface area contributed by atoms with Gasteiger partial charge < -0.3 is 33.9 Å². The van der Waals surface area contributed by atoms with Crippen molar-refractivity contribution in [1.82, 2.24) is 0 Å². The molecular formula is C17H30O9. The highest BCUT2D eigenvalue weighted by Gasteiger charge is 2.07. The van der Waals surface area contributed by atoms with Crippen LogP contribution in [0.2, 0.25) is 0 Å². The topological polar surface area (TPSA) is 121 Å². The van der Waals surface area contributed by atoms with Crippen molar-refractivity contribution >= 4 is 11.9 Å². The van der Waals surface area contributed by atoms with E-state index in [1.807, 2.05) is 0 Å². The highest BCUT2D eigenvalue weighted by molar-refractivity contribution is 5.90. The lowest BCUT2D eigenvalue weighted by atomic mass is 10.4. The first-order chi connectivity index (χ1) is 12.6. The van der Waals surface area contributed by atoms with Gasteiger partial charge in [0.2, 0.25) is 0 Å². The van der Waals surface area contributed by atoms with Crippen molar-refractivity contribution in [2.45, 2.75) is 6.42 Å². The Hall–Kier alpha value is -1.78. The molecule has 0 saturated carbocycles. The number of rotatable bonds is 17. The number of hydrogen-bond acceptors (Lipinski definition) is 8. The molecule has 0 spiro atoms. The van der Waals surface area contributed by atoms with E-state index < -0.39 is 18.4 Å². The molecule has 0 rings (SSSR count). The van der Waals surface area contributed by atoms with E-state index in [0.29, 0.717) is 46.2 Å². The Balaban J connectivity index is 0. The fourth-order valence-electron chi connectivity index (χ4n) is 1.23. The SMILES string of the molecule is C=CCOCCOCCO.C=CCOCCOCCOC(=O)CC(=O)O. The number of aliphatic hydroxyl groups excluding tert-OH is 1. The molecule has 2 N–H and O–H groups in total. The van der Waals surface area contributed by atoms with Crippen LogP contribution in [0.3, 0.4) is 0 Å². The minimum Gasteiger partial charge on any atom is -0.481 e. The van der Waals surface area contributed by atoms with Crippen molar-refractivity contribution in [2.24, 2.45) is 0 Å². The van der Waals surface area contributed by atoms with E-state index in [1.54, 1.807) is 12.2 Å². The third-order valence-electron chi connectivity index (χ3n) is 2.24. The first kappa shape index (κ1) is 26.4. The van der Waals surface area contributed by atoms with E-state index in [-0.39, 0.29) is 19.8 Å². The van der Waals surface area contributed by atoms with Crippen LogP contribution in [0.5, 0.6) is 0 Å². The smallest absolute Gasteiger partial charge is 0.317 e. The molecule has 0 aliphatic rings. The molecular weight excluding hydrogens is 348 g/mol. The first-order valence-corrected chi connectivity index (χ1v) is 8.09. The molecule has 0 aromatic rings. The number of ether oxygens (including phenoxy) is 5. The normalized spacial score (nSPS) is 9.73. The molecule has 0 bridgehead atoms. The average molecular weight is 378 g/mol. The van der Waals surface area contributed by atoms with Crippen LogP contribution in [0.25, 0.3) is 0 Å². The summed E-state index contributed by atoms with van der Waals surface area (Å²) in [5, 5.41) is 16.5. The van der Waals surface area contributed by atoms with Crippen LogP contribution in [-0.2, 0) is 33.3 Å². The molecule has 9 nitrogen and oxygen atoms in total. The van der Waals surface area contributed by atoms with Gasteiger partial charge in [0, 0.05) is 0 Å². The Morgan fingerprint density at radius 3 is 1.69 bits per heavy atom. The number of esters is 1. The van der Waals surface area contributed by atoms with Crippen molar-refractivity contribution in [2.75, 3.05) is 66.1 Å². The van der Waals surface area contributed by atoms with Gasteiger partial charge in [-0.25, -0.2) is 0 Å². The second-order valence-electron chi connectivity index (χ2n) is 4.47. The Labute approximate surface area is 154 Å². The van der Waals surface area contributed by atoms with Crippen LogP contribution in [0.1, 0.15) is 6.42 Å². The maximum absolute atomic E-state index is 10.7. The molecule has 9 heteroatoms. The summed E-state index contributed by atoms with van der Waals surface area (Å²) in [7, 11) is 0. The molecule has 0 amide bonds. The monoisotopic (exact) mass is 378 g/mol. The van der Waals surface area contributed by atoms with Crippen molar-refractivity contribution < 1.29 is 43.5 Å². The Morgan fingerprint density at radius 2 is 1.23 bits per heavy atom. The number of carbonyl (C=O) groups excluding carboxylic acids is 1. The van der Waals surface area contributed by atoms with Crippen molar-refractivity contribution in [1.29, 1.82) is 0 Å². The highest BCUT2D eigenvalue weighted by atomic mass is 16.6. The second kappa shape index (κ2) is 23.2. The van der Waals surface area contributed by atoms with Crippen molar-refractivity contribution in [3.63, 3.8) is 0 Å². The van der Waals surface area contributed by atoms with E-state index in [1.165, 1.54) is 0 Å². The molecule has 152 valence electrons. The summed E-state index contributed by atoms with van der Waals surface area (Å²) in [6.07, 6.45) is 2.70. The summed E-state index contributed by atoms with van der Waals surface area (Å²) in [6, 6.07) is 0. The van der Waals surface area contributed by atoms with Crippen LogP contribution in [0.4, 0.5) is 0 Å². The molecule has 0 heterocycles. The molecule has 0 radical (unpaired) electrons. The van der Waals surface area contributed by atoms with Gasteiger partial charge in [-0.3, -0.25) is 9.59 Å². The number of hydrogen-bond donors (Lipinski definition) is 2. The van der Waals surface area contributed by atoms with Crippen molar-refractivity contribution in [3.8, 4) is 0 Å². The maximum atomic E-state index is 10.7. The van der Waals surface area contributed by atoms with Gasteiger partial charge in [0.05, 0.1) is 59.5 Å². The number of carbonyl (C=O) groups is 2. The number of carboxylic acids is 1. The van der Waals surface area contributed by atoms with Gasteiger partial charge in [-0.2, -0.15) is 0 Å². The van der Waals surface area contributed by atoms with E-state index in [0.717, 1.165) is 0 Å². The van der Waals surface area contributed by atoms with Crippen LogP contribution in [0.15, 0.2) is 25.3 Å². The highest BCUT2D eigenvalue weighted by Crippen LogP contribution is 1.87. The zero-order valence-electron chi connectivity index (χ0n) is 15.1. The van der Waals surface area contributed by atoms with E-state index in [2.05, 4.69) is 17.9 Å². The largest absolute Gasteiger partial charge is 0.481 e. The lowest BCUT2D eigenvalue weighted by Gasteiger charge is -2.05. The van der Waals surface area contributed by atoms with Crippen LogP contribution >= 0.6 is 0 Å². The predicted octanol–water partition coefficient (Wildman–Crippen LogP) is 0.421. The van der Waals surface area contributed by atoms with Gasteiger partial charge in [-0.15, -0.1) is 13.2 Å². The molecule has 0 aromatic heterocycles. The fraction of sp³-hybridized carbons (Fsp3) is 0.647. The Morgan fingerprint density at radius 1 is 0.769 bits per heavy atom. The molecule has 0 aliphatic heterocycles. The van der Waals surface area contributed by atoms with Crippen LogP contribution in [0, 0.1) is 0 Å². The summed E-state index contributed by atoms with van der Waals surface area (Å²) in [5.41, 5.74) is 0. The number of aliphatic hydroxyl groups is 1. The first-order valence-electron chi connectivity index (χ1n) is 8.09. The number of carboxylic acid groups (broad SMARTS) is 1. The zero-order chi connectivity index (χ0) is 19.9. The van der Waals surface area contributed by atoms with E-state index in [9.17, 15) is 9.59 Å². The summed E-state index contributed by atoms with van der Waals surface area (Å²) in [6.45, 7) is 10.7. The summed E-state index contributed by atoms with van der Waals surface area (Å²) >= 11 is 0. The molecule has 0 aliphatic carbocycles. The lowest BCUT2D eigenvalue weighted by molar-refractivity contribution is -0.152. The van der Waals surface area contributed by atoms with Crippen LogP contribution < -0.4 is 0 Å². The van der Waals surface area contributed by atoms with Gasteiger partial charge in [0.15, 0.2) is 0 Å². The average Bonchev–Trinajstić information content (AvgIpc) is 2.60. The Kier molecular flexibility index (Phi) is 23.6. The van der Waals surface area contributed by atoms with E-state index in [4.69, 9.17) is 29.2 Å². The van der Waals surface area contributed by atoms with Gasteiger partial charge in [-0.05, 0) is 0 Å². The Bertz CT molecular complexity index is 358. The third kappa shape index (κ3) is 27.1. The molecule has 0 saturated heterocycles. The third-order valence-corrected chi connectivity index (χ3v) is 2.24. The molecule has 26 heavy (non-hydrogen) atoms. The summed E-state index contributed by atoms with van der Waals surface area (Å²) < 4.78 is 24.6. The maximum Gasteiger partial charge on any atom is 0.317 e. The molecule has 0 aromatic carbocycles. The fourth-order valence-corrected chi connectivity index (χ4v) is 1.23. The van der Waals surface area contributed by atoms with Crippen molar-refractivity contribution in [3.05, 3.63) is 25.3 Å². The molecule has 0 unspecified atom stereocenters. The quantitative estimate of drug-likeness (QED) is 0.160. The van der Waals surface area contributed by atoms with E-state index >= 15 is 0 Å². The minimum absolute atomic E-state index is 0.0492. The van der Waals surface area contributed by atoms with Gasteiger partial charge in [-0.1, -0.05) is 12.2 Å². The molecule has 0 fully saturated rings. The zero-order valence-corrected chi connectivity index (χ0v) is 15.1. The predicted molar refractivity (Wildman–Crippen MR) is 94.0 cm³/mol. The van der Waals surface area contributed by atoms with Gasteiger partial charge >= 0.3 is 11.9 Å². The number of aliphatic carboxylic acids is 1. The lowest BCUT2D eigenvalue weighted by Crippen LogP contribution is -2.15. The standard InChI is InChI=1S/C10H16O6.C7H14O3/c1-2-3-14-4-5-15-6-7-16-10(13)8-9(11)12;1-2-4-9-6-7-10-5-3-8/h2H,1,3-8H2,(H,11,12);2,8H,1,3-7H2. The van der Waals surface area contributed by atoms with Crippen LogP contribution in [-0.4, -0.2) is 88.2 Å².